The number of aromatic hydroxyl groups is 1. The van der Waals surface area contributed by atoms with Gasteiger partial charge in [0, 0.05) is 16.8 Å². The predicted molar refractivity (Wildman–Crippen MR) is 85.3 cm³/mol. The number of aromatic nitrogens is 1. The van der Waals surface area contributed by atoms with Crippen LogP contribution in [0.5, 0.6) is 11.6 Å². The van der Waals surface area contributed by atoms with Crippen LogP contribution in [0.25, 0.3) is 10.8 Å². The summed E-state index contributed by atoms with van der Waals surface area (Å²) in [4.78, 5) is 27.5. The molecule has 1 fully saturated rings. The molecule has 8 nitrogen and oxygen atoms in total. The minimum absolute atomic E-state index is 0.0416. The van der Waals surface area contributed by atoms with Gasteiger partial charge in [0.1, 0.15) is 23.5 Å². The number of aliphatic hydroxyl groups is 1. The number of nitrogens with one attached hydrogen (secondary N) is 1. The number of halogens is 1. The Morgan fingerprint density at radius 3 is 2.80 bits per heavy atom. The van der Waals surface area contributed by atoms with E-state index in [9.17, 15) is 19.8 Å². The second-order valence-corrected chi connectivity index (χ2v) is 5.94. The molecule has 2 aromatic rings. The number of pyridine rings is 1. The third kappa shape index (κ3) is 2.70. The van der Waals surface area contributed by atoms with Crippen molar-refractivity contribution in [2.75, 3.05) is 0 Å². The van der Waals surface area contributed by atoms with Crippen molar-refractivity contribution in [3.63, 3.8) is 0 Å². The molecule has 1 aromatic heterocycles. The first-order valence-corrected chi connectivity index (χ1v) is 7.68. The molecule has 3 N–H and O–H groups in total. The number of rotatable bonds is 2. The number of ether oxygens (including phenoxy) is 2. The van der Waals surface area contributed by atoms with Gasteiger partial charge in [-0.15, -0.1) is 0 Å². The van der Waals surface area contributed by atoms with E-state index in [4.69, 9.17) is 21.1 Å². The standard InChI is InChI=1S/C16H11ClN2O6/c17-14-7-4-2-1-3-6(7)10(21)15(19-14)25-16(23)18-8-5-9(20)12-13(24-12)11(8)22/h1-5,11-13,21-22H,(H,18,23). The van der Waals surface area contributed by atoms with Crippen LogP contribution in [-0.2, 0) is 9.53 Å². The Balaban J connectivity index is 1.56. The lowest BCUT2D eigenvalue weighted by Crippen LogP contribution is -2.38. The Kier molecular flexibility index (Phi) is 3.60. The first kappa shape index (κ1) is 15.8. The highest BCUT2D eigenvalue weighted by molar-refractivity contribution is 6.34. The van der Waals surface area contributed by atoms with Crippen LogP contribution in [0, 0.1) is 0 Å². The molecule has 0 bridgehead atoms. The molecule has 2 heterocycles. The summed E-state index contributed by atoms with van der Waals surface area (Å²) >= 11 is 6.03. The number of carbonyl (C=O) groups excluding carboxylic acids is 2. The van der Waals surface area contributed by atoms with Crippen molar-refractivity contribution < 1.29 is 29.3 Å². The fourth-order valence-electron chi connectivity index (χ4n) is 2.69. The van der Waals surface area contributed by atoms with Gasteiger partial charge in [0.25, 0.3) is 5.88 Å². The lowest BCUT2D eigenvalue weighted by Gasteiger charge is -2.17. The van der Waals surface area contributed by atoms with Gasteiger partial charge in [-0.2, -0.15) is 4.98 Å². The van der Waals surface area contributed by atoms with Crippen molar-refractivity contribution in [1.29, 1.82) is 0 Å². The normalized spacial score (nSPS) is 24.5. The molecule has 1 saturated heterocycles. The van der Waals surface area contributed by atoms with Gasteiger partial charge in [-0.25, -0.2) is 4.79 Å². The van der Waals surface area contributed by atoms with Crippen LogP contribution in [-0.4, -0.2) is 45.4 Å². The number of benzene rings is 1. The third-order valence-electron chi connectivity index (χ3n) is 3.98. The second kappa shape index (κ2) is 5.69. The quantitative estimate of drug-likeness (QED) is 0.543. The summed E-state index contributed by atoms with van der Waals surface area (Å²) in [6.07, 6.45) is -2.40. The van der Waals surface area contributed by atoms with E-state index >= 15 is 0 Å². The zero-order valence-corrected chi connectivity index (χ0v) is 13.2. The van der Waals surface area contributed by atoms with Crippen LogP contribution in [0.15, 0.2) is 36.0 Å². The molecule has 0 radical (unpaired) electrons. The fraction of sp³-hybridized carbons (Fsp3) is 0.188. The summed E-state index contributed by atoms with van der Waals surface area (Å²) in [7, 11) is 0. The maximum Gasteiger partial charge on any atom is 0.418 e. The van der Waals surface area contributed by atoms with Gasteiger partial charge in [-0.1, -0.05) is 35.9 Å². The van der Waals surface area contributed by atoms with Gasteiger partial charge in [-0.3, -0.25) is 10.1 Å². The van der Waals surface area contributed by atoms with Crippen LogP contribution in [0.4, 0.5) is 4.79 Å². The van der Waals surface area contributed by atoms with Crippen molar-refractivity contribution in [2.24, 2.45) is 0 Å². The zero-order valence-electron chi connectivity index (χ0n) is 12.5. The number of hydrogen-bond acceptors (Lipinski definition) is 7. The first-order chi connectivity index (χ1) is 12.0. The lowest BCUT2D eigenvalue weighted by atomic mass is 10.0. The Morgan fingerprint density at radius 2 is 2.04 bits per heavy atom. The van der Waals surface area contributed by atoms with E-state index in [2.05, 4.69) is 10.3 Å². The lowest BCUT2D eigenvalue weighted by molar-refractivity contribution is -0.116. The van der Waals surface area contributed by atoms with Crippen LogP contribution in [0.1, 0.15) is 0 Å². The van der Waals surface area contributed by atoms with Crippen molar-refractivity contribution in [1.82, 2.24) is 10.3 Å². The number of amides is 1. The third-order valence-corrected chi connectivity index (χ3v) is 4.26. The molecule has 1 aromatic carbocycles. The van der Waals surface area contributed by atoms with Crippen molar-refractivity contribution in [3.05, 3.63) is 41.2 Å². The van der Waals surface area contributed by atoms with Crippen LogP contribution in [0.2, 0.25) is 5.15 Å². The topological polar surface area (TPSA) is 121 Å². The summed E-state index contributed by atoms with van der Waals surface area (Å²) in [6, 6.07) is 6.67. The molecule has 25 heavy (non-hydrogen) atoms. The SMILES string of the molecule is O=C(NC1=CC(=O)C2OC2C1O)Oc1nc(Cl)c2ccccc2c1O. The Morgan fingerprint density at radius 1 is 1.32 bits per heavy atom. The summed E-state index contributed by atoms with van der Waals surface area (Å²) in [5.74, 6) is -1.09. The van der Waals surface area contributed by atoms with E-state index in [1.165, 1.54) is 0 Å². The van der Waals surface area contributed by atoms with E-state index in [-0.39, 0.29) is 28.3 Å². The van der Waals surface area contributed by atoms with E-state index in [0.717, 1.165) is 6.08 Å². The number of hydrogen-bond donors (Lipinski definition) is 3. The molecule has 9 heteroatoms. The highest BCUT2D eigenvalue weighted by Gasteiger charge is 2.53. The minimum atomic E-state index is -1.14. The van der Waals surface area contributed by atoms with Crippen LogP contribution < -0.4 is 10.1 Å². The molecule has 2 aliphatic rings. The van der Waals surface area contributed by atoms with E-state index in [0.29, 0.717) is 10.8 Å². The Hall–Kier alpha value is -2.68. The van der Waals surface area contributed by atoms with Gasteiger partial charge in [0.15, 0.2) is 11.5 Å². The maximum atomic E-state index is 12.0. The average Bonchev–Trinajstić information content (AvgIpc) is 3.39. The van der Waals surface area contributed by atoms with Crippen molar-refractivity contribution in [2.45, 2.75) is 18.3 Å². The molecule has 0 saturated carbocycles. The van der Waals surface area contributed by atoms with Gasteiger partial charge in [0.05, 0.1) is 5.70 Å². The van der Waals surface area contributed by atoms with Crippen LogP contribution >= 0.6 is 11.6 Å². The molecular formula is C16H11ClN2O6. The number of fused-ring (bicyclic) bond motifs is 2. The number of carbonyl (C=O) groups is 2. The average molecular weight is 363 g/mol. The molecule has 3 atom stereocenters. The van der Waals surface area contributed by atoms with E-state index in [1.54, 1.807) is 24.3 Å². The smallest absolute Gasteiger partial charge is 0.418 e. The van der Waals surface area contributed by atoms with Crippen LogP contribution in [0.3, 0.4) is 0 Å². The maximum absolute atomic E-state index is 12.0. The largest absolute Gasteiger partial charge is 0.503 e. The molecule has 128 valence electrons. The summed E-state index contributed by atoms with van der Waals surface area (Å²) in [5.41, 5.74) is -0.0416. The van der Waals surface area contributed by atoms with Crippen molar-refractivity contribution in [3.8, 4) is 11.6 Å². The van der Waals surface area contributed by atoms with Crippen molar-refractivity contribution >= 4 is 34.2 Å². The molecule has 1 amide bonds. The summed E-state index contributed by atoms with van der Waals surface area (Å²) in [6.45, 7) is 0. The Labute approximate surface area is 145 Å². The molecule has 4 rings (SSSR count). The van der Waals surface area contributed by atoms with Gasteiger partial charge in [0.2, 0.25) is 0 Å². The predicted octanol–water partition coefficient (Wildman–Crippen LogP) is 1.28. The fourth-order valence-corrected chi connectivity index (χ4v) is 2.93. The number of epoxide rings is 1. The second-order valence-electron chi connectivity index (χ2n) is 5.58. The monoisotopic (exact) mass is 362 g/mol. The molecule has 1 aliphatic carbocycles. The zero-order chi connectivity index (χ0) is 17.7. The minimum Gasteiger partial charge on any atom is -0.503 e. The molecule has 1 aliphatic heterocycles. The van der Waals surface area contributed by atoms with Gasteiger partial charge in [-0.05, 0) is 0 Å². The number of aliphatic hydroxyl groups excluding tert-OH is 1. The highest BCUT2D eigenvalue weighted by atomic mass is 35.5. The highest BCUT2D eigenvalue weighted by Crippen LogP contribution is 2.37. The molecule has 3 unspecified atom stereocenters. The van der Waals surface area contributed by atoms with Gasteiger partial charge < -0.3 is 19.7 Å². The van der Waals surface area contributed by atoms with E-state index < -0.39 is 24.4 Å². The molecule has 0 spiro atoms. The first-order valence-electron chi connectivity index (χ1n) is 7.30. The molecular weight excluding hydrogens is 352 g/mol. The number of ketones is 1. The van der Waals surface area contributed by atoms with Gasteiger partial charge >= 0.3 is 6.09 Å². The summed E-state index contributed by atoms with van der Waals surface area (Å²) < 4.78 is 9.97. The van der Waals surface area contributed by atoms with E-state index in [1.807, 2.05) is 0 Å². The summed E-state index contributed by atoms with van der Waals surface area (Å²) in [5, 5.41) is 23.3. The number of nitrogens with zero attached hydrogens (tertiary/aromatic N) is 1. The Bertz CT molecular complexity index is 944.